The molecule has 0 spiro atoms. The maximum absolute atomic E-state index is 11.8. The molecule has 1 aromatic carbocycles. The minimum absolute atomic E-state index is 0.0907. The topological polar surface area (TPSA) is 69.6 Å². The van der Waals surface area contributed by atoms with E-state index in [2.05, 4.69) is 5.32 Å². The summed E-state index contributed by atoms with van der Waals surface area (Å²) in [6, 6.07) is 5.58. The fraction of sp³-hybridized carbons (Fsp3) is 0.273. The first-order valence-corrected chi connectivity index (χ1v) is 4.91. The lowest BCUT2D eigenvalue weighted by Crippen LogP contribution is -2.51. The van der Waals surface area contributed by atoms with E-state index in [9.17, 15) is 9.59 Å². The summed E-state index contributed by atoms with van der Waals surface area (Å²) >= 11 is 0. The molecule has 1 atom stereocenters. The molecule has 84 valence electrons. The molecule has 1 aliphatic rings. The van der Waals surface area contributed by atoms with Crippen molar-refractivity contribution in [2.45, 2.75) is 6.04 Å². The van der Waals surface area contributed by atoms with Crippen LogP contribution in [-0.4, -0.2) is 35.4 Å². The molecule has 5 nitrogen and oxygen atoms in total. The largest absolute Gasteiger partial charge is 0.508 e. The summed E-state index contributed by atoms with van der Waals surface area (Å²) in [7, 11) is 1.59. The average molecular weight is 220 g/mol. The summed E-state index contributed by atoms with van der Waals surface area (Å²) < 4.78 is 0. The van der Waals surface area contributed by atoms with Gasteiger partial charge in [0.15, 0.2) is 0 Å². The van der Waals surface area contributed by atoms with E-state index in [4.69, 9.17) is 5.11 Å². The van der Waals surface area contributed by atoms with E-state index in [0.29, 0.717) is 5.56 Å². The number of nitrogens with one attached hydrogen (secondary N) is 1. The third-order valence-electron chi connectivity index (χ3n) is 2.54. The van der Waals surface area contributed by atoms with Crippen molar-refractivity contribution in [2.75, 3.05) is 13.6 Å². The van der Waals surface area contributed by atoms with Crippen LogP contribution in [0.5, 0.6) is 5.75 Å². The molecule has 0 radical (unpaired) electrons. The monoisotopic (exact) mass is 220 g/mol. The van der Waals surface area contributed by atoms with Gasteiger partial charge in [-0.2, -0.15) is 0 Å². The zero-order chi connectivity index (χ0) is 11.7. The predicted octanol–water partition coefficient (Wildman–Crippen LogP) is 0.0215. The minimum Gasteiger partial charge on any atom is -0.508 e. The Bertz CT molecular complexity index is 427. The van der Waals surface area contributed by atoms with Crippen molar-refractivity contribution in [1.82, 2.24) is 10.2 Å². The Balaban J connectivity index is 2.28. The lowest BCUT2D eigenvalue weighted by atomic mass is 10.0. The Morgan fingerprint density at radius 2 is 1.94 bits per heavy atom. The molecular weight excluding hydrogens is 208 g/mol. The highest BCUT2D eigenvalue weighted by Gasteiger charge is 2.31. The first kappa shape index (κ1) is 10.5. The number of hydrogen-bond donors (Lipinski definition) is 2. The first-order chi connectivity index (χ1) is 7.58. The molecule has 2 N–H and O–H groups in total. The van der Waals surface area contributed by atoms with Gasteiger partial charge in [0.05, 0.1) is 6.54 Å². The number of piperazine rings is 1. The average Bonchev–Trinajstić information content (AvgIpc) is 2.25. The molecule has 16 heavy (non-hydrogen) atoms. The SMILES string of the molecule is CN1CC(=O)N[C@H](c2ccc(O)cc2)C1=O. The van der Waals surface area contributed by atoms with Gasteiger partial charge in [0.2, 0.25) is 11.8 Å². The Labute approximate surface area is 92.7 Å². The van der Waals surface area contributed by atoms with Crippen LogP contribution in [0, 0.1) is 0 Å². The Kier molecular flexibility index (Phi) is 2.52. The van der Waals surface area contributed by atoms with Gasteiger partial charge in [-0.05, 0) is 17.7 Å². The van der Waals surface area contributed by atoms with Crippen molar-refractivity contribution < 1.29 is 14.7 Å². The van der Waals surface area contributed by atoms with Gasteiger partial charge in [-0.3, -0.25) is 9.59 Å². The summed E-state index contributed by atoms with van der Waals surface area (Å²) in [6.45, 7) is 0.0907. The van der Waals surface area contributed by atoms with E-state index in [0.717, 1.165) is 0 Å². The van der Waals surface area contributed by atoms with Crippen LogP contribution in [0.25, 0.3) is 0 Å². The van der Waals surface area contributed by atoms with Crippen LogP contribution in [0.1, 0.15) is 11.6 Å². The maximum Gasteiger partial charge on any atom is 0.250 e. The fourth-order valence-corrected chi connectivity index (χ4v) is 1.67. The third-order valence-corrected chi connectivity index (χ3v) is 2.54. The van der Waals surface area contributed by atoms with Crippen LogP contribution in [0.3, 0.4) is 0 Å². The lowest BCUT2D eigenvalue weighted by molar-refractivity contribution is -0.143. The molecule has 1 aromatic rings. The van der Waals surface area contributed by atoms with Crippen LogP contribution in [-0.2, 0) is 9.59 Å². The number of rotatable bonds is 1. The van der Waals surface area contributed by atoms with E-state index in [1.807, 2.05) is 0 Å². The number of phenols is 1. The van der Waals surface area contributed by atoms with Crippen LogP contribution in [0.15, 0.2) is 24.3 Å². The Hall–Kier alpha value is -2.04. The zero-order valence-electron chi connectivity index (χ0n) is 8.80. The van der Waals surface area contributed by atoms with Gasteiger partial charge >= 0.3 is 0 Å². The van der Waals surface area contributed by atoms with Crippen molar-refractivity contribution in [2.24, 2.45) is 0 Å². The highest BCUT2D eigenvalue weighted by molar-refractivity contribution is 5.95. The van der Waals surface area contributed by atoms with Crippen LogP contribution in [0.4, 0.5) is 0 Å². The highest BCUT2D eigenvalue weighted by atomic mass is 16.3. The second-order valence-corrected chi connectivity index (χ2v) is 3.79. The van der Waals surface area contributed by atoms with Gasteiger partial charge < -0.3 is 15.3 Å². The van der Waals surface area contributed by atoms with Crippen molar-refractivity contribution in [3.05, 3.63) is 29.8 Å². The van der Waals surface area contributed by atoms with Gasteiger partial charge in [0.1, 0.15) is 11.8 Å². The summed E-state index contributed by atoms with van der Waals surface area (Å²) in [5, 5.41) is 11.8. The summed E-state index contributed by atoms with van der Waals surface area (Å²) in [4.78, 5) is 24.5. The molecule has 2 rings (SSSR count). The molecule has 1 fully saturated rings. The number of likely N-dealkylation sites (N-methyl/N-ethyl adjacent to an activating group) is 1. The van der Waals surface area contributed by atoms with Crippen LogP contribution >= 0.6 is 0 Å². The van der Waals surface area contributed by atoms with Gasteiger partial charge in [0.25, 0.3) is 0 Å². The van der Waals surface area contributed by atoms with E-state index in [1.165, 1.54) is 17.0 Å². The standard InChI is InChI=1S/C11H12N2O3/c1-13-6-9(15)12-10(11(13)16)7-2-4-8(14)5-3-7/h2-5,10,14H,6H2,1H3,(H,12,15)/t10-/m1/s1. The molecule has 2 amide bonds. The molecule has 0 saturated carbocycles. The van der Waals surface area contributed by atoms with Gasteiger partial charge in [-0.1, -0.05) is 12.1 Å². The second kappa shape index (κ2) is 3.84. The van der Waals surface area contributed by atoms with Crippen molar-refractivity contribution in [3.8, 4) is 5.75 Å². The van der Waals surface area contributed by atoms with Crippen LogP contribution in [0.2, 0.25) is 0 Å². The summed E-state index contributed by atoms with van der Waals surface area (Å²) in [5.41, 5.74) is 0.669. The zero-order valence-corrected chi connectivity index (χ0v) is 8.80. The molecule has 0 aliphatic carbocycles. The van der Waals surface area contributed by atoms with Gasteiger partial charge in [-0.25, -0.2) is 0 Å². The van der Waals surface area contributed by atoms with Gasteiger partial charge in [0, 0.05) is 7.05 Å². The molecule has 1 saturated heterocycles. The van der Waals surface area contributed by atoms with E-state index >= 15 is 0 Å². The number of amides is 2. The molecule has 5 heteroatoms. The molecule has 0 aromatic heterocycles. The lowest BCUT2D eigenvalue weighted by Gasteiger charge is -2.29. The van der Waals surface area contributed by atoms with E-state index in [1.54, 1.807) is 19.2 Å². The Morgan fingerprint density at radius 1 is 1.31 bits per heavy atom. The quantitative estimate of drug-likeness (QED) is 0.701. The van der Waals surface area contributed by atoms with Crippen molar-refractivity contribution >= 4 is 11.8 Å². The van der Waals surface area contributed by atoms with Crippen LogP contribution < -0.4 is 5.32 Å². The van der Waals surface area contributed by atoms with E-state index < -0.39 is 6.04 Å². The molecule has 0 bridgehead atoms. The smallest absolute Gasteiger partial charge is 0.250 e. The van der Waals surface area contributed by atoms with Gasteiger partial charge in [-0.15, -0.1) is 0 Å². The number of phenolic OH excluding ortho intramolecular Hbond substituents is 1. The van der Waals surface area contributed by atoms with Crippen molar-refractivity contribution in [3.63, 3.8) is 0 Å². The normalized spacial score (nSPS) is 20.8. The molecule has 0 unspecified atom stereocenters. The van der Waals surface area contributed by atoms with Crippen molar-refractivity contribution in [1.29, 1.82) is 0 Å². The fourth-order valence-electron chi connectivity index (χ4n) is 1.67. The second-order valence-electron chi connectivity index (χ2n) is 3.79. The number of benzene rings is 1. The number of aromatic hydroxyl groups is 1. The highest BCUT2D eigenvalue weighted by Crippen LogP contribution is 2.20. The molecular formula is C11H12N2O3. The first-order valence-electron chi connectivity index (χ1n) is 4.91. The number of hydrogen-bond acceptors (Lipinski definition) is 3. The predicted molar refractivity (Wildman–Crippen MR) is 56.6 cm³/mol. The summed E-state index contributed by atoms with van der Waals surface area (Å²) in [6.07, 6.45) is 0. The number of carbonyl (C=O) groups excluding carboxylic acids is 2. The summed E-state index contributed by atoms with van der Waals surface area (Å²) in [5.74, 6) is -0.197. The maximum atomic E-state index is 11.8. The van der Waals surface area contributed by atoms with E-state index in [-0.39, 0.29) is 24.1 Å². The third kappa shape index (κ3) is 1.84. The number of carbonyl (C=O) groups is 2. The molecule has 1 aliphatic heterocycles. The number of nitrogens with zero attached hydrogens (tertiary/aromatic N) is 1. The molecule has 1 heterocycles. The Morgan fingerprint density at radius 3 is 2.56 bits per heavy atom. The minimum atomic E-state index is -0.646.